The Morgan fingerprint density at radius 2 is 1.10 bits per heavy atom. The smallest absolute Gasteiger partial charge is 0.345 e. The molecule has 14 heteroatoms. The third-order valence-corrected chi connectivity index (χ3v) is 6.58. The Labute approximate surface area is 167 Å². The maximum Gasteiger partial charge on any atom is 0.392 e. The molecular weight excluding hydrogens is 462 g/mol. The Kier molecular flexibility index (Phi) is 5.34. The minimum Gasteiger partial charge on any atom is -0.345 e. The van der Waals surface area contributed by atoms with Crippen molar-refractivity contribution >= 4 is 5.91 Å². The number of rotatable bonds is 7. The molecule has 0 saturated heterocycles. The first-order chi connectivity index (χ1) is 13.8. The van der Waals surface area contributed by atoms with E-state index in [4.69, 9.17) is 0 Å². The summed E-state index contributed by atoms with van der Waals surface area (Å²) >= 11 is 0. The molecule has 4 bridgehead atoms. The van der Waals surface area contributed by atoms with Gasteiger partial charge >= 0.3 is 36.0 Å². The lowest BCUT2D eigenvalue weighted by Gasteiger charge is -2.57. The van der Waals surface area contributed by atoms with Crippen LogP contribution >= 0.6 is 0 Å². The fourth-order valence-corrected chi connectivity index (χ4v) is 5.47. The SMILES string of the molecule is O=C(NC12CC3CC(CC(C3)C1)C2)C(F)(F)C(F)(F)C(F)(F)C(F)(F)C(F)(F)C(F)F. The Balaban J connectivity index is 1.88. The van der Waals surface area contributed by atoms with E-state index < -0.39 is 47.5 Å². The van der Waals surface area contributed by atoms with Gasteiger partial charge in [0.05, 0.1) is 0 Å². The maximum absolute atomic E-state index is 14.1. The first kappa shape index (κ1) is 24.3. The molecule has 4 rings (SSSR count). The highest BCUT2D eigenvalue weighted by molar-refractivity contribution is 5.85. The number of nitrogens with one attached hydrogen (secondary N) is 1. The van der Waals surface area contributed by atoms with Crippen molar-refractivity contribution in [3.63, 3.8) is 0 Å². The summed E-state index contributed by atoms with van der Waals surface area (Å²) in [4.78, 5) is 11.9. The van der Waals surface area contributed by atoms with Crippen molar-refractivity contribution in [3.8, 4) is 0 Å². The van der Waals surface area contributed by atoms with Crippen LogP contribution in [-0.2, 0) is 4.79 Å². The lowest BCUT2D eigenvalue weighted by molar-refractivity contribution is -0.407. The Hall–Kier alpha value is -1.37. The Bertz CT molecular complexity index is 699. The van der Waals surface area contributed by atoms with E-state index >= 15 is 0 Å². The molecule has 0 aromatic carbocycles. The highest BCUT2D eigenvalue weighted by Gasteiger charge is 2.89. The molecule has 0 atom stereocenters. The van der Waals surface area contributed by atoms with E-state index in [9.17, 15) is 57.5 Å². The molecule has 2 nitrogen and oxygen atoms in total. The summed E-state index contributed by atoms with van der Waals surface area (Å²) in [7, 11) is 0. The molecule has 180 valence electrons. The molecule has 0 heterocycles. The third-order valence-electron chi connectivity index (χ3n) is 6.58. The molecule has 0 spiro atoms. The summed E-state index contributed by atoms with van der Waals surface area (Å²) in [6, 6.07) is 0. The fraction of sp³-hybridized carbons (Fsp3) is 0.941. The minimum atomic E-state index is -7.69. The number of hydrogen-bond acceptors (Lipinski definition) is 1. The van der Waals surface area contributed by atoms with E-state index in [1.807, 2.05) is 0 Å². The van der Waals surface area contributed by atoms with Gasteiger partial charge in [0.25, 0.3) is 5.91 Å². The largest absolute Gasteiger partial charge is 0.392 e. The van der Waals surface area contributed by atoms with Crippen LogP contribution in [0.2, 0.25) is 0 Å². The summed E-state index contributed by atoms with van der Waals surface area (Å²) in [6.07, 6.45) is -3.20. The normalized spacial score (nSPS) is 32.0. The summed E-state index contributed by atoms with van der Waals surface area (Å²) < 4.78 is 160. The van der Waals surface area contributed by atoms with E-state index in [0.717, 1.165) is 0 Å². The van der Waals surface area contributed by atoms with Gasteiger partial charge < -0.3 is 5.32 Å². The molecule has 1 N–H and O–H groups in total. The van der Waals surface area contributed by atoms with E-state index in [-0.39, 0.29) is 37.0 Å². The summed E-state index contributed by atoms with van der Waals surface area (Å²) in [5.74, 6) is -39.5. The van der Waals surface area contributed by atoms with E-state index in [2.05, 4.69) is 0 Å². The lowest BCUT2D eigenvalue weighted by Crippen LogP contribution is -2.72. The zero-order valence-corrected chi connectivity index (χ0v) is 15.5. The number of carbonyl (C=O) groups excluding carboxylic acids is 1. The number of carbonyl (C=O) groups is 1. The molecule has 4 aliphatic rings. The standard InChI is InChI=1S/C17H17F12NO/c18-10(19)13(20,21)15(24,25)17(28,29)16(26,27)14(22,23)11(31)30-12-4-7-1-8(5-12)3-9(2-7)6-12/h7-10H,1-6H2,(H,30,31). The van der Waals surface area contributed by atoms with E-state index in [1.165, 1.54) is 0 Å². The van der Waals surface area contributed by atoms with Gasteiger partial charge in [-0.15, -0.1) is 0 Å². The number of hydrogen-bond donors (Lipinski definition) is 1. The van der Waals surface area contributed by atoms with Gasteiger partial charge in [-0.2, -0.15) is 43.9 Å². The maximum atomic E-state index is 14.1. The lowest BCUT2D eigenvalue weighted by atomic mass is 9.53. The van der Waals surface area contributed by atoms with Gasteiger partial charge in [0.1, 0.15) is 0 Å². The average molecular weight is 479 g/mol. The molecule has 4 fully saturated rings. The van der Waals surface area contributed by atoms with E-state index in [0.29, 0.717) is 19.3 Å². The molecule has 4 saturated carbocycles. The van der Waals surface area contributed by atoms with Gasteiger partial charge in [0.2, 0.25) is 0 Å². The van der Waals surface area contributed by atoms with Crippen molar-refractivity contribution in [1.82, 2.24) is 5.32 Å². The molecule has 0 unspecified atom stereocenters. The van der Waals surface area contributed by atoms with Crippen LogP contribution in [0.1, 0.15) is 38.5 Å². The van der Waals surface area contributed by atoms with Gasteiger partial charge in [-0.1, -0.05) is 0 Å². The van der Waals surface area contributed by atoms with Crippen LogP contribution in [0.25, 0.3) is 0 Å². The monoisotopic (exact) mass is 479 g/mol. The van der Waals surface area contributed by atoms with Crippen LogP contribution in [0.5, 0.6) is 0 Å². The Morgan fingerprint density at radius 3 is 1.45 bits per heavy atom. The topological polar surface area (TPSA) is 29.1 Å². The van der Waals surface area contributed by atoms with Crippen LogP contribution in [0.4, 0.5) is 52.7 Å². The Morgan fingerprint density at radius 1 is 0.710 bits per heavy atom. The molecule has 31 heavy (non-hydrogen) atoms. The highest BCUT2D eigenvalue weighted by atomic mass is 19.4. The molecule has 0 aromatic heterocycles. The first-order valence-corrected chi connectivity index (χ1v) is 9.30. The zero-order chi connectivity index (χ0) is 23.8. The average Bonchev–Trinajstić information content (AvgIpc) is 2.59. The quantitative estimate of drug-likeness (QED) is 0.480. The summed E-state index contributed by atoms with van der Waals surface area (Å²) in [6.45, 7) is 0. The predicted molar refractivity (Wildman–Crippen MR) is 79.8 cm³/mol. The van der Waals surface area contributed by atoms with Crippen molar-refractivity contribution in [3.05, 3.63) is 0 Å². The van der Waals surface area contributed by atoms with Gasteiger partial charge in [0.15, 0.2) is 0 Å². The van der Waals surface area contributed by atoms with Crippen LogP contribution < -0.4 is 5.32 Å². The molecular formula is C17H17F12NO. The zero-order valence-electron chi connectivity index (χ0n) is 15.5. The van der Waals surface area contributed by atoms with Crippen molar-refractivity contribution < 1.29 is 57.5 Å². The fourth-order valence-electron chi connectivity index (χ4n) is 5.47. The van der Waals surface area contributed by atoms with Crippen LogP contribution in [0.3, 0.4) is 0 Å². The molecule has 0 radical (unpaired) electrons. The molecule has 0 aromatic rings. The second-order valence-electron chi connectivity index (χ2n) is 8.87. The van der Waals surface area contributed by atoms with E-state index in [1.54, 1.807) is 5.32 Å². The van der Waals surface area contributed by atoms with Gasteiger partial charge in [0, 0.05) is 5.54 Å². The minimum absolute atomic E-state index is 0.0313. The van der Waals surface area contributed by atoms with Crippen molar-refractivity contribution in [2.45, 2.75) is 80.1 Å². The van der Waals surface area contributed by atoms with Crippen molar-refractivity contribution in [1.29, 1.82) is 0 Å². The number of halogens is 12. The highest BCUT2D eigenvalue weighted by Crippen LogP contribution is 2.59. The van der Waals surface area contributed by atoms with Crippen LogP contribution in [-0.4, -0.2) is 47.5 Å². The second-order valence-corrected chi connectivity index (χ2v) is 8.87. The van der Waals surface area contributed by atoms with Crippen LogP contribution in [0.15, 0.2) is 0 Å². The molecule has 0 aliphatic heterocycles. The predicted octanol–water partition coefficient (Wildman–Crippen LogP) is 5.51. The van der Waals surface area contributed by atoms with Crippen LogP contribution in [0, 0.1) is 17.8 Å². The number of amides is 1. The van der Waals surface area contributed by atoms with Gasteiger partial charge in [-0.3, -0.25) is 4.79 Å². The van der Waals surface area contributed by atoms with Crippen molar-refractivity contribution in [2.24, 2.45) is 17.8 Å². The molecule has 4 aliphatic carbocycles. The third kappa shape index (κ3) is 3.28. The van der Waals surface area contributed by atoms with Gasteiger partial charge in [-0.05, 0) is 56.3 Å². The summed E-state index contributed by atoms with van der Waals surface area (Å²) in [5.41, 5.74) is -1.43. The number of alkyl halides is 12. The molecule has 1 amide bonds. The van der Waals surface area contributed by atoms with Crippen molar-refractivity contribution in [2.75, 3.05) is 0 Å². The summed E-state index contributed by atoms with van der Waals surface area (Å²) in [5, 5.41) is 1.57. The second kappa shape index (κ2) is 6.82. The first-order valence-electron chi connectivity index (χ1n) is 9.30. The van der Waals surface area contributed by atoms with Gasteiger partial charge in [-0.25, -0.2) is 8.78 Å².